The van der Waals surface area contributed by atoms with Crippen molar-refractivity contribution in [1.29, 1.82) is 0 Å². The highest BCUT2D eigenvalue weighted by Gasteiger charge is 2.27. The standard InChI is InChI=1S/C15H14Cl10/c16-9(6-14(20,21)22)3-1-8-2-4-12(18)11(13(8)19)5-10(17)7-15(23,24)25/h2,4,9-10H,1,3,5-7H2. The van der Waals surface area contributed by atoms with E-state index in [-0.39, 0.29) is 18.2 Å². The summed E-state index contributed by atoms with van der Waals surface area (Å²) in [6.45, 7) is 0. The lowest BCUT2D eigenvalue weighted by Crippen LogP contribution is -2.15. The molecule has 0 aliphatic heterocycles. The zero-order valence-corrected chi connectivity index (χ0v) is 20.2. The first-order valence-electron chi connectivity index (χ1n) is 7.16. The lowest BCUT2D eigenvalue weighted by molar-refractivity contribution is 0.698. The highest BCUT2D eigenvalue weighted by Crippen LogP contribution is 2.38. The molecule has 2 unspecified atom stereocenters. The lowest BCUT2D eigenvalue weighted by Gasteiger charge is -2.19. The topological polar surface area (TPSA) is 0 Å². The summed E-state index contributed by atoms with van der Waals surface area (Å²) in [5, 5.41) is 0.309. The van der Waals surface area contributed by atoms with Crippen molar-refractivity contribution in [3.05, 3.63) is 33.3 Å². The molecule has 0 N–H and O–H groups in total. The van der Waals surface area contributed by atoms with Crippen molar-refractivity contribution in [3.8, 4) is 0 Å². The fraction of sp³-hybridized carbons (Fsp3) is 0.600. The Hall–Kier alpha value is 2.12. The largest absolute Gasteiger partial charge is 0.192 e. The van der Waals surface area contributed by atoms with Gasteiger partial charge in [0.05, 0.1) is 0 Å². The SMILES string of the molecule is Clc1ccc(CCC(Cl)CC(Cl)(Cl)Cl)c(Cl)c1CC(Cl)CC(Cl)(Cl)Cl. The van der Waals surface area contributed by atoms with E-state index in [4.69, 9.17) is 116 Å². The summed E-state index contributed by atoms with van der Waals surface area (Å²) in [7, 11) is 0. The molecule has 0 spiro atoms. The van der Waals surface area contributed by atoms with Crippen molar-refractivity contribution in [2.45, 2.75) is 50.4 Å². The molecule has 0 aliphatic rings. The Morgan fingerprint density at radius 3 is 1.84 bits per heavy atom. The summed E-state index contributed by atoms with van der Waals surface area (Å²) in [6, 6.07) is 3.60. The van der Waals surface area contributed by atoms with Gasteiger partial charge in [-0.3, -0.25) is 0 Å². The van der Waals surface area contributed by atoms with Crippen molar-refractivity contribution in [2.24, 2.45) is 0 Å². The Labute approximate surface area is 198 Å². The molecule has 0 heterocycles. The van der Waals surface area contributed by atoms with E-state index >= 15 is 0 Å². The van der Waals surface area contributed by atoms with Crippen molar-refractivity contribution in [2.75, 3.05) is 0 Å². The van der Waals surface area contributed by atoms with Crippen molar-refractivity contribution in [1.82, 2.24) is 0 Å². The van der Waals surface area contributed by atoms with Gasteiger partial charge in [0.15, 0.2) is 7.59 Å². The van der Waals surface area contributed by atoms with Crippen LogP contribution in [0.25, 0.3) is 0 Å². The monoisotopic (exact) mass is 544 g/mol. The van der Waals surface area contributed by atoms with Gasteiger partial charge in [-0.15, -0.1) is 23.2 Å². The Morgan fingerprint density at radius 1 is 0.800 bits per heavy atom. The van der Waals surface area contributed by atoms with Gasteiger partial charge in [0.2, 0.25) is 0 Å². The Balaban J connectivity index is 2.81. The van der Waals surface area contributed by atoms with E-state index < -0.39 is 13.0 Å². The van der Waals surface area contributed by atoms with Crippen molar-refractivity contribution in [3.63, 3.8) is 0 Å². The fourth-order valence-corrected chi connectivity index (χ4v) is 5.17. The van der Waals surface area contributed by atoms with Crippen LogP contribution in [-0.4, -0.2) is 18.3 Å². The maximum Gasteiger partial charge on any atom is 0.192 e. The molecular formula is C15H14Cl10. The zero-order valence-electron chi connectivity index (χ0n) is 12.6. The summed E-state index contributed by atoms with van der Waals surface area (Å²) in [6.07, 6.45) is 1.98. The highest BCUT2D eigenvalue weighted by molar-refractivity contribution is 6.68. The molecule has 0 radical (unpaired) electrons. The van der Waals surface area contributed by atoms with Crippen LogP contribution in [0.1, 0.15) is 30.4 Å². The molecule has 1 aromatic carbocycles. The molecule has 1 aromatic rings. The van der Waals surface area contributed by atoms with Gasteiger partial charge < -0.3 is 0 Å². The van der Waals surface area contributed by atoms with E-state index in [1.807, 2.05) is 6.07 Å². The minimum absolute atomic E-state index is 0.170. The Morgan fingerprint density at radius 2 is 1.32 bits per heavy atom. The van der Waals surface area contributed by atoms with Gasteiger partial charge in [-0.1, -0.05) is 98.9 Å². The molecule has 25 heavy (non-hydrogen) atoms. The Bertz CT molecular complexity index is 561. The molecule has 0 aliphatic carbocycles. The van der Waals surface area contributed by atoms with Crippen LogP contribution in [0.5, 0.6) is 0 Å². The smallest absolute Gasteiger partial charge is 0.123 e. The maximum atomic E-state index is 6.48. The molecule has 0 fully saturated rings. The van der Waals surface area contributed by atoms with E-state index in [2.05, 4.69) is 0 Å². The molecule has 10 heteroatoms. The Kier molecular flexibility index (Phi) is 10.8. The summed E-state index contributed by atoms with van der Waals surface area (Å²) in [5.74, 6) is 0. The normalized spacial score (nSPS) is 15.3. The average molecular weight is 549 g/mol. The summed E-state index contributed by atoms with van der Waals surface area (Å²) in [4.78, 5) is 0. The van der Waals surface area contributed by atoms with E-state index in [1.165, 1.54) is 0 Å². The van der Waals surface area contributed by atoms with Gasteiger partial charge in [0.25, 0.3) is 0 Å². The van der Waals surface area contributed by atoms with Gasteiger partial charge >= 0.3 is 0 Å². The molecule has 144 valence electrons. The van der Waals surface area contributed by atoms with Crippen LogP contribution in [-0.2, 0) is 12.8 Å². The highest BCUT2D eigenvalue weighted by atomic mass is 35.6. The molecule has 0 bridgehead atoms. The third-order valence-corrected chi connectivity index (χ3v) is 5.76. The number of halogens is 10. The third-order valence-electron chi connectivity index (χ3n) is 3.32. The maximum absolute atomic E-state index is 6.48. The number of benzene rings is 1. The first-order valence-corrected chi connectivity index (χ1v) is 11.1. The molecule has 0 nitrogen and oxygen atoms in total. The lowest BCUT2D eigenvalue weighted by atomic mass is 10.0. The van der Waals surface area contributed by atoms with Gasteiger partial charge in [-0.2, -0.15) is 0 Å². The molecule has 2 atom stereocenters. The number of rotatable bonds is 7. The second-order valence-electron chi connectivity index (χ2n) is 5.58. The number of hydrogen-bond donors (Lipinski definition) is 0. The average Bonchev–Trinajstić information content (AvgIpc) is 2.38. The zero-order chi connectivity index (χ0) is 19.4. The van der Waals surface area contributed by atoms with Crippen LogP contribution in [0.15, 0.2) is 12.1 Å². The summed E-state index contributed by atoms with van der Waals surface area (Å²) < 4.78 is -2.82. The van der Waals surface area contributed by atoms with Crippen LogP contribution in [0.2, 0.25) is 10.0 Å². The first-order chi connectivity index (χ1) is 11.3. The van der Waals surface area contributed by atoms with Crippen LogP contribution in [0.3, 0.4) is 0 Å². The molecule has 1 rings (SSSR count). The number of hydrogen-bond acceptors (Lipinski definition) is 0. The quantitative estimate of drug-likeness (QED) is 0.298. The molecule has 0 aromatic heterocycles. The molecular weight excluding hydrogens is 535 g/mol. The second kappa shape index (κ2) is 10.8. The van der Waals surface area contributed by atoms with Gasteiger partial charge in [0, 0.05) is 33.6 Å². The van der Waals surface area contributed by atoms with Crippen LogP contribution < -0.4 is 0 Å². The predicted molar refractivity (Wildman–Crippen MR) is 118 cm³/mol. The molecule has 0 amide bonds. The van der Waals surface area contributed by atoms with E-state index in [0.717, 1.165) is 5.56 Å². The number of alkyl halides is 8. The summed E-state index contributed by atoms with van der Waals surface area (Å²) >= 11 is 59.8. The van der Waals surface area contributed by atoms with Gasteiger partial charge in [-0.05, 0) is 36.5 Å². The minimum atomic E-state index is -1.44. The number of aryl methyl sites for hydroxylation is 1. The van der Waals surface area contributed by atoms with Crippen LogP contribution >= 0.6 is 116 Å². The molecule has 0 saturated carbocycles. The van der Waals surface area contributed by atoms with Gasteiger partial charge in [-0.25, -0.2) is 0 Å². The first kappa shape index (κ1) is 25.2. The molecule has 0 saturated heterocycles. The minimum Gasteiger partial charge on any atom is -0.123 e. The van der Waals surface area contributed by atoms with Crippen molar-refractivity contribution >= 4 is 116 Å². The van der Waals surface area contributed by atoms with Crippen LogP contribution in [0.4, 0.5) is 0 Å². The van der Waals surface area contributed by atoms with Crippen LogP contribution in [0, 0.1) is 0 Å². The predicted octanol–water partition coefficient (Wildman–Crippen LogP) is 9.20. The fourth-order valence-electron chi connectivity index (χ4n) is 2.24. The van der Waals surface area contributed by atoms with E-state index in [0.29, 0.717) is 34.9 Å². The summed E-state index contributed by atoms with van der Waals surface area (Å²) in [5.41, 5.74) is 1.59. The van der Waals surface area contributed by atoms with E-state index in [9.17, 15) is 0 Å². The second-order valence-corrected chi connectivity index (χ2v) is 12.6. The van der Waals surface area contributed by atoms with E-state index in [1.54, 1.807) is 6.07 Å². The van der Waals surface area contributed by atoms with Crippen molar-refractivity contribution < 1.29 is 0 Å². The third kappa shape index (κ3) is 10.5. The van der Waals surface area contributed by atoms with Gasteiger partial charge in [0.1, 0.15) is 0 Å².